The average Bonchev–Trinajstić information content (AvgIpc) is 2.98. The molecule has 0 bridgehead atoms. The Labute approximate surface area is 164 Å². The Hall–Kier alpha value is -2.58. The van der Waals surface area contributed by atoms with Crippen molar-refractivity contribution in [2.24, 2.45) is 0 Å². The van der Waals surface area contributed by atoms with E-state index in [4.69, 9.17) is 4.74 Å². The number of rotatable bonds is 7. The highest BCUT2D eigenvalue weighted by atomic mass is 32.2. The van der Waals surface area contributed by atoms with Crippen LogP contribution >= 0.6 is 0 Å². The van der Waals surface area contributed by atoms with Crippen molar-refractivity contribution in [2.75, 3.05) is 39.6 Å². The number of aromatic nitrogens is 1. The molecule has 0 atom stereocenters. The van der Waals surface area contributed by atoms with Crippen LogP contribution in [0.5, 0.6) is 5.75 Å². The van der Waals surface area contributed by atoms with Crippen molar-refractivity contribution in [3.63, 3.8) is 0 Å². The second-order valence-corrected chi connectivity index (χ2v) is 8.68. The third kappa shape index (κ3) is 3.83. The molecule has 3 aromatic rings. The van der Waals surface area contributed by atoms with Gasteiger partial charge in [-0.3, -0.25) is 0 Å². The molecular formula is C20H24FN3O3S. The number of likely N-dealkylation sites (N-methyl/N-ethyl adjacent to an activating group) is 1. The molecule has 8 heteroatoms. The molecule has 0 amide bonds. The van der Waals surface area contributed by atoms with Gasteiger partial charge < -0.3 is 15.0 Å². The van der Waals surface area contributed by atoms with Crippen molar-refractivity contribution in [3.8, 4) is 5.75 Å². The van der Waals surface area contributed by atoms with Gasteiger partial charge in [0.2, 0.25) is 0 Å². The summed E-state index contributed by atoms with van der Waals surface area (Å²) in [6.45, 7) is 3.18. The van der Waals surface area contributed by atoms with Crippen LogP contribution in [-0.4, -0.2) is 51.6 Å². The maximum Gasteiger partial charge on any atom is 0.268 e. The lowest BCUT2D eigenvalue weighted by Crippen LogP contribution is -2.21. The summed E-state index contributed by atoms with van der Waals surface area (Å²) in [7, 11) is 1.60. The molecule has 6 nitrogen and oxygen atoms in total. The molecule has 1 aromatic heterocycles. The number of hydrogen-bond acceptors (Lipinski definition) is 5. The maximum absolute atomic E-state index is 13.6. The largest absolute Gasteiger partial charge is 0.495 e. The van der Waals surface area contributed by atoms with Gasteiger partial charge in [-0.2, -0.15) is 0 Å². The fourth-order valence-corrected chi connectivity index (χ4v) is 4.49. The van der Waals surface area contributed by atoms with Crippen LogP contribution in [0, 0.1) is 12.7 Å². The molecule has 0 saturated carbocycles. The Morgan fingerprint density at radius 1 is 1.18 bits per heavy atom. The van der Waals surface area contributed by atoms with Gasteiger partial charge in [-0.15, -0.1) is 0 Å². The second kappa shape index (κ2) is 7.81. The number of methoxy groups -OCH3 is 1. The van der Waals surface area contributed by atoms with Crippen molar-refractivity contribution in [2.45, 2.75) is 11.8 Å². The molecule has 1 heterocycles. The standard InChI is InChI=1S/C20H24FN3O3S/c1-14-13-24(19-7-5-15(21)11-17(14)19)28(25,26)16-6-8-20(27-4)18(12-16)22-9-10-23(2)3/h5-8,11-13,22H,9-10H2,1-4H3. The molecule has 0 aliphatic carbocycles. The smallest absolute Gasteiger partial charge is 0.268 e. The summed E-state index contributed by atoms with van der Waals surface area (Å²) in [4.78, 5) is 2.15. The van der Waals surface area contributed by atoms with E-state index in [2.05, 4.69) is 5.32 Å². The summed E-state index contributed by atoms with van der Waals surface area (Å²) in [5.74, 6) is 0.163. The Kier molecular flexibility index (Phi) is 5.62. The molecule has 28 heavy (non-hydrogen) atoms. The Bertz CT molecular complexity index is 1110. The van der Waals surface area contributed by atoms with E-state index in [0.29, 0.717) is 34.4 Å². The predicted molar refractivity (Wildman–Crippen MR) is 109 cm³/mol. The van der Waals surface area contributed by atoms with E-state index in [1.165, 1.54) is 41.5 Å². The topological polar surface area (TPSA) is 63.6 Å². The first kappa shape index (κ1) is 20.2. The number of benzene rings is 2. The first-order valence-electron chi connectivity index (χ1n) is 8.83. The SMILES string of the molecule is COc1ccc(S(=O)(=O)n2cc(C)c3cc(F)ccc32)cc1NCCN(C)C. The van der Waals surface area contributed by atoms with Crippen LogP contribution in [0.2, 0.25) is 0 Å². The van der Waals surface area contributed by atoms with E-state index in [0.717, 1.165) is 6.54 Å². The van der Waals surface area contributed by atoms with Crippen molar-refractivity contribution in [1.82, 2.24) is 8.87 Å². The summed E-state index contributed by atoms with van der Waals surface area (Å²) in [5, 5.41) is 3.79. The highest BCUT2D eigenvalue weighted by molar-refractivity contribution is 7.90. The molecule has 0 saturated heterocycles. The number of hydrogen-bond donors (Lipinski definition) is 1. The Morgan fingerprint density at radius 3 is 2.61 bits per heavy atom. The van der Waals surface area contributed by atoms with Gasteiger partial charge >= 0.3 is 0 Å². The number of halogens is 1. The summed E-state index contributed by atoms with van der Waals surface area (Å²) < 4.78 is 46.7. The van der Waals surface area contributed by atoms with Crippen molar-refractivity contribution in [3.05, 3.63) is 54.0 Å². The monoisotopic (exact) mass is 405 g/mol. The second-order valence-electron chi connectivity index (χ2n) is 6.87. The number of fused-ring (bicyclic) bond motifs is 1. The van der Waals surface area contributed by atoms with Crippen LogP contribution in [0.4, 0.5) is 10.1 Å². The van der Waals surface area contributed by atoms with Crippen molar-refractivity contribution < 1.29 is 17.5 Å². The van der Waals surface area contributed by atoms with Gasteiger partial charge in [0.1, 0.15) is 11.6 Å². The Morgan fingerprint density at radius 2 is 1.93 bits per heavy atom. The summed E-state index contributed by atoms with van der Waals surface area (Å²) in [5.41, 5.74) is 1.73. The number of nitrogens with one attached hydrogen (secondary N) is 1. The highest BCUT2D eigenvalue weighted by Crippen LogP contribution is 2.31. The minimum atomic E-state index is -3.86. The van der Waals surface area contributed by atoms with Crippen LogP contribution in [-0.2, 0) is 10.0 Å². The normalized spacial score (nSPS) is 11.9. The molecule has 0 fully saturated rings. The molecule has 1 N–H and O–H groups in total. The maximum atomic E-state index is 13.6. The molecule has 3 rings (SSSR count). The first-order chi connectivity index (χ1) is 13.2. The fraction of sp³-hybridized carbons (Fsp3) is 0.300. The first-order valence-corrected chi connectivity index (χ1v) is 10.3. The van der Waals surface area contributed by atoms with E-state index in [-0.39, 0.29) is 4.90 Å². The predicted octanol–water partition coefficient (Wildman–Crippen LogP) is 3.31. The zero-order valence-electron chi connectivity index (χ0n) is 16.4. The average molecular weight is 405 g/mol. The lowest BCUT2D eigenvalue weighted by atomic mass is 10.2. The number of ether oxygens (including phenoxy) is 1. The van der Waals surface area contributed by atoms with Crippen LogP contribution in [0.25, 0.3) is 10.9 Å². The number of aryl methyl sites for hydroxylation is 1. The third-order valence-corrected chi connectivity index (χ3v) is 6.20. The zero-order valence-corrected chi connectivity index (χ0v) is 17.2. The molecule has 0 radical (unpaired) electrons. The number of nitrogens with zero attached hydrogens (tertiary/aromatic N) is 2. The molecular weight excluding hydrogens is 381 g/mol. The highest BCUT2D eigenvalue weighted by Gasteiger charge is 2.22. The fourth-order valence-electron chi connectivity index (χ4n) is 3.04. The van der Waals surface area contributed by atoms with Gasteiger partial charge in [0, 0.05) is 24.7 Å². The van der Waals surface area contributed by atoms with Crippen LogP contribution in [0.3, 0.4) is 0 Å². The molecule has 2 aromatic carbocycles. The van der Waals surface area contributed by atoms with Gasteiger partial charge in [0.15, 0.2) is 0 Å². The van der Waals surface area contributed by atoms with Gasteiger partial charge in [-0.05, 0) is 63.0 Å². The minimum Gasteiger partial charge on any atom is -0.495 e. The lowest BCUT2D eigenvalue weighted by molar-refractivity contribution is 0.412. The Balaban J connectivity index is 2.05. The molecule has 150 valence electrons. The van der Waals surface area contributed by atoms with E-state index >= 15 is 0 Å². The molecule has 0 unspecified atom stereocenters. The molecule has 0 aliphatic heterocycles. The van der Waals surface area contributed by atoms with Crippen LogP contribution in [0.1, 0.15) is 5.56 Å². The quantitative estimate of drug-likeness (QED) is 0.653. The number of anilines is 1. The van der Waals surface area contributed by atoms with Crippen LogP contribution in [0.15, 0.2) is 47.5 Å². The van der Waals surface area contributed by atoms with Crippen LogP contribution < -0.4 is 10.1 Å². The lowest BCUT2D eigenvalue weighted by Gasteiger charge is -2.15. The van der Waals surface area contributed by atoms with Gasteiger partial charge in [0.05, 0.1) is 23.2 Å². The zero-order chi connectivity index (χ0) is 20.5. The summed E-state index contributed by atoms with van der Waals surface area (Å²) in [6, 6.07) is 8.79. The van der Waals surface area contributed by atoms with E-state index in [1.54, 1.807) is 19.1 Å². The summed E-state index contributed by atoms with van der Waals surface area (Å²) >= 11 is 0. The molecule has 0 spiro atoms. The van der Waals surface area contributed by atoms with Gasteiger partial charge in [-0.25, -0.2) is 16.8 Å². The van der Waals surface area contributed by atoms with Gasteiger partial charge in [-0.1, -0.05) is 0 Å². The van der Waals surface area contributed by atoms with E-state index in [1.807, 2.05) is 19.0 Å². The van der Waals surface area contributed by atoms with Gasteiger partial charge in [0.25, 0.3) is 10.0 Å². The summed E-state index contributed by atoms with van der Waals surface area (Å²) in [6.07, 6.45) is 1.52. The third-order valence-electron chi connectivity index (χ3n) is 4.53. The van der Waals surface area contributed by atoms with E-state index in [9.17, 15) is 12.8 Å². The minimum absolute atomic E-state index is 0.127. The van der Waals surface area contributed by atoms with E-state index < -0.39 is 15.8 Å². The van der Waals surface area contributed by atoms with Crippen molar-refractivity contribution >= 4 is 26.6 Å². The van der Waals surface area contributed by atoms with Crippen molar-refractivity contribution in [1.29, 1.82) is 0 Å². The molecule has 0 aliphatic rings.